The van der Waals surface area contributed by atoms with E-state index in [0.29, 0.717) is 17.0 Å². The molecule has 3 rings (SSSR count). The van der Waals surface area contributed by atoms with E-state index in [4.69, 9.17) is 9.47 Å². The molecule has 0 atom stereocenters. The van der Waals surface area contributed by atoms with E-state index < -0.39 is 18.5 Å². The van der Waals surface area contributed by atoms with Gasteiger partial charge in [0.2, 0.25) is 0 Å². The lowest BCUT2D eigenvalue weighted by atomic mass is 9.98. The molecule has 6 nitrogen and oxygen atoms in total. The van der Waals surface area contributed by atoms with Gasteiger partial charge in [-0.25, -0.2) is 4.79 Å². The van der Waals surface area contributed by atoms with Crippen molar-refractivity contribution in [2.24, 2.45) is 0 Å². The number of carbonyl (C=O) groups is 3. The molecule has 0 heterocycles. The van der Waals surface area contributed by atoms with E-state index in [0.717, 1.165) is 11.1 Å². The Morgan fingerprint density at radius 2 is 1.55 bits per heavy atom. The standard InChI is InChI=1S/C25H23NO5/c1-16-8-9-17(2)22(14-16)26-23(27)15-31-25(29)21-7-5-4-6-20(21)24(28)18-10-12-19(30-3)13-11-18/h4-14H,15H2,1-3H3,(H,26,27). The average Bonchev–Trinajstić information content (AvgIpc) is 2.79. The SMILES string of the molecule is COc1ccc(C(=O)c2ccccc2C(=O)OCC(=O)Nc2cc(C)ccc2C)cc1. The van der Waals surface area contributed by atoms with E-state index >= 15 is 0 Å². The number of esters is 1. The summed E-state index contributed by atoms with van der Waals surface area (Å²) in [7, 11) is 1.54. The molecule has 0 fully saturated rings. The molecule has 0 aromatic heterocycles. The van der Waals surface area contributed by atoms with Gasteiger partial charge in [0.1, 0.15) is 5.75 Å². The molecule has 1 N–H and O–H groups in total. The number of ether oxygens (including phenoxy) is 2. The Morgan fingerprint density at radius 1 is 0.871 bits per heavy atom. The third kappa shape index (κ3) is 5.36. The van der Waals surface area contributed by atoms with Gasteiger partial charge >= 0.3 is 5.97 Å². The van der Waals surface area contributed by atoms with Crippen LogP contribution in [0.15, 0.2) is 66.7 Å². The van der Waals surface area contributed by atoms with Crippen LogP contribution in [0.2, 0.25) is 0 Å². The van der Waals surface area contributed by atoms with E-state index in [1.807, 2.05) is 32.0 Å². The molecule has 3 aromatic carbocycles. The van der Waals surface area contributed by atoms with Crippen LogP contribution in [0.5, 0.6) is 5.75 Å². The maximum atomic E-state index is 12.9. The molecule has 0 saturated carbocycles. The number of hydrogen-bond acceptors (Lipinski definition) is 5. The molecule has 3 aromatic rings. The largest absolute Gasteiger partial charge is 0.497 e. The smallest absolute Gasteiger partial charge is 0.339 e. The molecule has 0 unspecified atom stereocenters. The van der Waals surface area contributed by atoms with E-state index in [-0.39, 0.29) is 16.9 Å². The monoisotopic (exact) mass is 417 g/mol. The first kappa shape index (κ1) is 21.8. The van der Waals surface area contributed by atoms with Crippen LogP contribution in [0.25, 0.3) is 0 Å². The molecule has 0 aliphatic heterocycles. The predicted molar refractivity (Wildman–Crippen MR) is 118 cm³/mol. The highest BCUT2D eigenvalue weighted by Gasteiger charge is 2.20. The molecule has 0 aliphatic carbocycles. The fraction of sp³-hybridized carbons (Fsp3) is 0.160. The molecular formula is C25H23NO5. The summed E-state index contributed by atoms with van der Waals surface area (Å²) in [5.74, 6) is -0.899. The first-order valence-electron chi connectivity index (χ1n) is 9.71. The summed E-state index contributed by atoms with van der Waals surface area (Å²) < 4.78 is 10.3. The van der Waals surface area contributed by atoms with Crippen LogP contribution in [0, 0.1) is 13.8 Å². The summed E-state index contributed by atoms with van der Waals surface area (Å²) in [5.41, 5.74) is 3.28. The lowest BCUT2D eigenvalue weighted by Gasteiger charge is -2.11. The van der Waals surface area contributed by atoms with Gasteiger partial charge < -0.3 is 14.8 Å². The predicted octanol–water partition coefficient (Wildman–Crippen LogP) is 4.34. The second kappa shape index (κ2) is 9.71. The summed E-state index contributed by atoms with van der Waals surface area (Å²) in [4.78, 5) is 37.7. The topological polar surface area (TPSA) is 81.7 Å². The summed E-state index contributed by atoms with van der Waals surface area (Å²) in [6.45, 7) is 3.34. The van der Waals surface area contributed by atoms with Gasteiger partial charge in [-0.1, -0.05) is 30.3 Å². The number of hydrogen-bond donors (Lipinski definition) is 1. The van der Waals surface area contributed by atoms with Crippen LogP contribution in [-0.4, -0.2) is 31.4 Å². The lowest BCUT2D eigenvalue weighted by Crippen LogP contribution is -2.22. The normalized spacial score (nSPS) is 10.3. The minimum absolute atomic E-state index is 0.0999. The second-order valence-electron chi connectivity index (χ2n) is 7.05. The molecule has 0 radical (unpaired) electrons. The fourth-order valence-corrected chi connectivity index (χ4v) is 3.02. The van der Waals surface area contributed by atoms with Gasteiger partial charge in [-0.05, 0) is 61.4 Å². The Kier molecular flexibility index (Phi) is 6.82. The van der Waals surface area contributed by atoms with Gasteiger partial charge in [0.05, 0.1) is 12.7 Å². The molecule has 1 amide bonds. The van der Waals surface area contributed by atoms with Crippen molar-refractivity contribution < 1.29 is 23.9 Å². The molecule has 0 aliphatic rings. The number of nitrogens with one attached hydrogen (secondary N) is 1. The molecule has 0 spiro atoms. The third-order valence-corrected chi connectivity index (χ3v) is 4.75. The first-order chi connectivity index (χ1) is 14.9. The van der Waals surface area contributed by atoms with Crippen molar-refractivity contribution in [3.63, 3.8) is 0 Å². The third-order valence-electron chi connectivity index (χ3n) is 4.75. The Bertz CT molecular complexity index is 1120. The van der Waals surface area contributed by atoms with Crippen LogP contribution in [0.4, 0.5) is 5.69 Å². The number of ketones is 1. The van der Waals surface area contributed by atoms with Crippen LogP contribution >= 0.6 is 0 Å². The zero-order valence-corrected chi connectivity index (χ0v) is 17.6. The van der Waals surface area contributed by atoms with Crippen molar-refractivity contribution in [2.75, 3.05) is 19.0 Å². The lowest BCUT2D eigenvalue weighted by molar-refractivity contribution is -0.119. The second-order valence-corrected chi connectivity index (χ2v) is 7.05. The van der Waals surface area contributed by atoms with Gasteiger partial charge in [0, 0.05) is 16.8 Å². The quantitative estimate of drug-likeness (QED) is 0.457. The fourth-order valence-electron chi connectivity index (χ4n) is 3.02. The number of carbonyl (C=O) groups excluding carboxylic acids is 3. The van der Waals surface area contributed by atoms with Gasteiger partial charge in [0.25, 0.3) is 5.91 Å². The van der Waals surface area contributed by atoms with Gasteiger partial charge in [-0.2, -0.15) is 0 Å². The first-order valence-corrected chi connectivity index (χ1v) is 9.71. The molecule has 31 heavy (non-hydrogen) atoms. The van der Waals surface area contributed by atoms with Crippen molar-refractivity contribution in [1.82, 2.24) is 0 Å². The molecule has 0 saturated heterocycles. The van der Waals surface area contributed by atoms with E-state index in [9.17, 15) is 14.4 Å². The summed E-state index contributed by atoms with van der Waals surface area (Å²) in [6, 6.07) is 18.6. The van der Waals surface area contributed by atoms with Gasteiger partial charge in [-0.3, -0.25) is 9.59 Å². The van der Waals surface area contributed by atoms with E-state index in [2.05, 4.69) is 5.32 Å². The number of amides is 1. The van der Waals surface area contributed by atoms with Crippen LogP contribution in [-0.2, 0) is 9.53 Å². The number of aryl methyl sites for hydroxylation is 2. The highest BCUT2D eigenvalue weighted by molar-refractivity contribution is 6.14. The maximum Gasteiger partial charge on any atom is 0.339 e. The van der Waals surface area contributed by atoms with E-state index in [1.165, 1.54) is 6.07 Å². The van der Waals surface area contributed by atoms with E-state index in [1.54, 1.807) is 49.6 Å². The Morgan fingerprint density at radius 3 is 2.23 bits per heavy atom. The Balaban J connectivity index is 1.70. The van der Waals surface area contributed by atoms with Crippen molar-refractivity contribution in [3.8, 4) is 5.75 Å². The summed E-state index contributed by atoms with van der Waals surface area (Å²) in [6.07, 6.45) is 0. The maximum absolute atomic E-state index is 12.9. The van der Waals surface area contributed by atoms with Crippen LogP contribution < -0.4 is 10.1 Å². The van der Waals surface area contributed by atoms with Crippen molar-refractivity contribution >= 4 is 23.3 Å². The average molecular weight is 417 g/mol. The van der Waals surface area contributed by atoms with Crippen molar-refractivity contribution in [1.29, 1.82) is 0 Å². The number of anilines is 1. The summed E-state index contributed by atoms with van der Waals surface area (Å²) >= 11 is 0. The highest BCUT2D eigenvalue weighted by atomic mass is 16.5. The van der Waals surface area contributed by atoms with Crippen LogP contribution in [0.3, 0.4) is 0 Å². The number of rotatable bonds is 7. The van der Waals surface area contributed by atoms with Crippen molar-refractivity contribution in [3.05, 3.63) is 94.5 Å². The minimum Gasteiger partial charge on any atom is -0.497 e. The number of methoxy groups -OCH3 is 1. The zero-order chi connectivity index (χ0) is 22.4. The van der Waals surface area contributed by atoms with Crippen LogP contribution in [0.1, 0.15) is 37.4 Å². The molecular weight excluding hydrogens is 394 g/mol. The zero-order valence-electron chi connectivity index (χ0n) is 17.6. The Hall–Kier alpha value is -3.93. The van der Waals surface area contributed by atoms with Gasteiger partial charge in [0.15, 0.2) is 12.4 Å². The molecule has 6 heteroatoms. The molecule has 0 bridgehead atoms. The molecule has 158 valence electrons. The number of benzene rings is 3. The van der Waals surface area contributed by atoms with Gasteiger partial charge in [-0.15, -0.1) is 0 Å². The Labute approximate surface area is 180 Å². The summed E-state index contributed by atoms with van der Waals surface area (Å²) in [5, 5.41) is 2.74. The van der Waals surface area contributed by atoms with Crippen molar-refractivity contribution in [2.45, 2.75) is 13.8 Å². The minimum atomic E-state index is -0.742. The highest BCUT2D eigenvalue weighted by Crippen LogP contribution is 2.19.